The number of rotatable bonds is 0. The molecule has 2 heterocycles. The summed E-state index contributed by atoms with van der Waals surface area (Å²) in [5, 5.41) is 13.7. The molecular formula is C7H12N7O+. The number of tetrazole rings is 1. The highest BCUT2D eigenvalue weighted by molar-refractivity contribution is 5.17. The third kappa shape index (κ3) is 1.34. The Kier molecular flexibility index (Phi) is 1.75. The summed E-state index contributed by atoms with van der Waals surface area (Å²) in [6, 6.07) is 0. The molecule has 3 N–H and O–H groups in total. The zero-order chi connectivity index (χ0) is 11.2. The van der Waals surface area contributed by atoms with Crippen LogP contribution in [-0.2, 0) is 5.41 Å². The highest BCUT2D eigenvalue weighted by Gasteiger charge is 2.26. The highest BCUT2D eigenvalue weighted by atomic mass is 16.1. The van der Waals surface area contributed by atoms with Crippen LogP contribution in [0.1, 0.15) is 26.5 Å². The second kappa shape index (κ2) is 2.75. The van der Waals surface area contributed by atoms with E-state index in [4.69, 9.17) is 5.84 Å². The number of aromatic amines is 1. The van der Waals surface area contributed by atoms with E-state index >= 15 is 0 Å². The van der Waals surface area contributed by atoms with Crippen molar-refractivity contribution < 1.29 is 4.63 Å². The molecule has 8 nitrogen and oxygen atoms in total. The average Bonchev–Trinajstić information content (AvgIpc) is 2.57. The summed E-state index contributed by atoms with van der Waals surface area (Å²) >= 11 is 0. The normalized spacial score (nSPS) is 12.2. The minimum absolute atomic E-state index is 0.174. The Hall–Kier alpha value is -1.99. The number of nitrogens with zero attached hydrogens (tertiary/aromatic N) is 5. The van der Waals surface area contributed by atoms with Gasteiger partial charge in [-0.1, -0.05) is 31.1 Å². The van der Waals surface area contributed by atoms with Crippen LogP contribution in [0.3, 0.4) is 0 Å². The predicted molar refractivity (Wildman–Crippen MR) is 50.4 cm³/mol. The first kappa shape index (κ1) is 9.56. The van der Waals surface area contributed by atoms with Crippen LogP contribution in [0.4, 0.5) is 0 Å². The third-order valence-corrected chi connectivity index (χ3v) is 2.02. The van der Waals surface area contributed by atoms with Gasteiger partial charge in [0.2, 0.25) is 0 Å². The van der Waals surface area contributed by atoms with Gasteiger partial charge in [-0.25, -0.2) is 0 Å². The lowest BCUT2D eigenvalue weighted by molar-refractivity contribution is -0.649. The number of hydrogen-bond acceptors (Lipinski definition) is 5. The highest BCUT2D eigenvalue weighted by Crippen LogP contribution is 2.14. The van der Waals surface area contributed by atoms with Gasteiger partial charge < -0.3 is 0 Å². The lowest BCUT2D eigenvalue weighted by atomic mass is 9.93. The van der Waals surface area contributed by atoms with E-state index < -0.39 is 0 Å². The Morgan fingerprint density at radius 1 is 1.47 bits per heavy atom. The summed E-state index contributed by atoms with van der Waals surface area (Å²) in [6.07, 6.45) is 0. The third-order valence-electron chi connectivity index (χ3n) is 2.02. The van der Waals surface area contributed by atoms with Crippen molar-refractivity contribution in [2.45, 2.75) is 26.2 Å². The molecule has 15 heavy (non-hydrogen) atoms. The van der Waals surface area contributed by atoms with Crippen LogP contribution < -0.4 is 16.0 Å². The number of fused-ring (bicyclic) bond motifs is 1. The molecule has 0 atom stereocenters. The number of nitrogens with one attached hydrogen (secondary N) is 1. The van der Waals surface area contributed by atoms with Crippen molar-refractivity contribution in [2.75, 3.05) is 5.84 Å². The fraction of sp³-hybridized carbons (Fsp3) is 0.571. The zero-order valence-electron chi connectivity index (χ0n) is 8.72. The van der Waals surface area contributed by atoms with Crippen LogP contribution in [-0.4, -0.2) is 25.3 Å². The molecule has 2 aromatic rings. The van der Waals surface area contributed by atoms with Crippen molar-refractivity contribution in [1.29, 1.82) is 0 Å². The van der Waals surface area contributed by atoms with Crippen LogP contribution in [0.2, 0.25) is 0 Å². The molecule has 0 aliphatic carbocycles. The summed E-state index contributed by atoms with van der Waals surface area (Å²) in [7, 11) is 0. The van der Waals surface area contributed by atoms with Crippen molar-refractivity contribution in [1.82, 2.24) is 25.3 Å². The average molecular weight is 210 g/mol. The summed E-state index contributed by atoms with van der Waals surface area (Å²) in [5.74, 6) is 5.76. The Morgan fingerprint density at radius 2 is 2.13 bits per heavy atom. The Bertz CT molecular complexity index is 561. The first-order valence-electron chi connectivity index (χ1n) is 4.43. The smallest absolute Gasteiger partial charge is 0.298 e. The van der Waals surface area contributed by atoms with Crippen molar-refractivity contribution >= 4 is 5.78 Å². The molecule has 0 unspecified atom stereocenters. The summed E-state index contributed by atoms with van der Waals surface area (Å²) in [5.41, 5.74) is -0.394. The largest absolute Gasteiger partial charge is 0.454 e. The maximum Gasteiger partial charge on any atom is 0.454 e. The molecule has 80 valence electrons. The van der Waals surface area contributed by atoms with E-state index in [0.29, 0.717) is 5.69 Å². The molecule has 0 fully saturated rings. The molecule has 0 radical (unpaired) electrons. The second-order valence-electron chi connectivity index (χ2n) is 4.29. The molecule has 0 saturated carbocycles. The van der Waals surface area contributed by atoms with E-state index in [0.717, 1.165) is 4.68 Å². The Labute approximate surface area is 84.7 Å². The first-order valence-corrected chi connectivity index (χ1v) is 4.43. The Morgan fingerprint density at radius 3 is 2.73 bits per heavy atom. The SMILES string of the molecule is CC(C)(C)c1n[n+]2[nH]nnc2n(N)c1=O. The minimum atomic E-state index is -0.384. The predicted octanol–water partition coefficient (Wildman–Crippen LogP) is -1.89. The van der Waals surface area contributed by atoms with Gasteiger partial charge in [0.1, 0.15) is 5.21 Å². The number of H-pyrrole nitrogens is 1. The molecule has 2 rings (SSSR count). The lowest BCUT2D eigenvalue weighted by Gasteiger charge is -2.14. The van der Waals surface area contributed by atoms with E-state index in [2.05, 4.69) is 20.6 Å². The molecule has 0 aliphatic heterocycles. The van der Waals surface area contributed by atoms with Gasteiger partial charge in [0.15, 0.2) is 5.69 Å². The van der Waals surface area contributed by atoms with Gasteiger partial charge in [0.25, 0.3) is 0 Å². The maximum absolute atomic E-state index is 11.8. The van der Waals surface area contributed by atoms with Gasteiger partial charge >= 0.3 is 11.3 Å². The van der Waals surface area contributed by atoms with Gasteiger partial charge in [-0.15, -0.1) is 4.68 Å². The summed E-state index contributed by atoms with van der Waals surface area (Å²) < 4.78 is 2.19. The molecule has 0 aliphatic rings. The fourth-order valence-corrected chi connectivity index (χ4v) is 1.23. The molecule has 2 aromatic heterocycles. The van der Waals surface area contributed by atoms with Gasteiger partial charge in [-0.3, -0.25) is 10.6 Å². The van der Waals surface area contributed by atoms with Crippen LogP contribution in [0, 0.1) is 0 Å². The minimum Gasteiger partial charge on any atom is -0.298 e. The van der Waals surface area contributed by atoms with Crippen molar-refractivity contribution in [3.8, 4) is 0 Å². The zero-order valence-corrected chi connectivity index (χ0v) is 8.72. The van der Waals surface area contributed by atoms with E-state index in [1.54, 1.807) is 0 Å². The van der Waals surface area contributed by atoms with Crippen molar-refractivity contribution in [3.63, 3.8) is 0 Å². The molecule has 0 saturated heterocycles. The first-order chi connectivity index (χ1) is 6.91. The summed E-state index contributed by atoms with van der Waals surface area (Å²) in [4.78, 5) is 11.8. The number of aromatic nitrogens is 6. The quantitative estimate of drug-likeness (QED) is 0.390. The maximum atomic E-state index is 11.8. The molecule has 0 spiro atoms. The van der Waals surface area contributed by atoms with Crippen LogP contribution in [0.5, 0.6) is 0 Å². The van der Waals surface area contributed by atoms with Gasteiger partial charge in [-0.05, 0) is 4.63 Å². The van der Waals surface area contributed by atoms with E-state index in [1.165, 1.54) is 4.63 Å². The Balaban J connectivity index is 2.88. The monoisotopic (exact) mass is 210 g/mol. The van der Waals surface area contributed by atoms with E-state index in [-0.39, 0.29) is 16.8 Å². The molecule has 0 aromatic carbocycles. The van der Waals surface area contributed by atoms with E-state index in [9.17, 15) is 4.79 Å². The second-order valence-corrected chi connectivity index (χ2v) is 4.29. The molecule has 0 bridgehead atoms. The van der Waals surface area contributed by atoms with Crippen LogP contribution in [0.15, 0.2) is 4.79 Å². The molecule has 0 amide bonds. The van der Waals surface area contributed by atoms with Crippen molar-refractivity contribution in [3.05, 3.63) is 16.0 Å². The van der Waals surface area contributed by atoms with Crippen LogP contribution >= 0.6 is 0 Å². The van der Waals surface area contributed by atoms with Gasteiger partial charge in [0, 0.05) is 5.41 Å². The fourth-order valence-electron chi connectivity index (χ4n) is 1.23. The summed E-state index contributed by atoms with van der Waals surface area (Å²) in [6.45, 7) is 5.65. The van der Waals surface area contributed by atoms with E-state index in [1.807, 2.05) is 20.8 Å². The molecular weight excluding hydrogens is 198 g/mol. The van der Waals surface area contributed by atoms with Crippen molar-refractivity contribution in [2.24, 2.45) is 0 Å². The standard InChI is InChI=1S/C7H11N7O/c1-7(2,3)4-5(15)13(8)6-9-11-12-14(6)10-4/h8H2,1-3H3/p+1. The topological polar surface area (TPSA) is 107 Å². The van der Waals surface area contributed by atoms with Gasteiger partial charge in [-0.2, -0.15) is 0 Å². The lowest BCUT2D eigenvalue weighted by Crippen LogP contribution is -2.46. The number of hydrogen-bond donors (Lipinski definition) is 2. The molecule has 8 heteroatoms. The number of nitrogens with two attached hydrogens (primary N) is 1. The number of nitrogen functional groups attached to an aromatic ring is 1. The van der Waals surface area contributed by atoms with Crippen LogP contribution in [0.25, 0.3) is 5.78 Å². The van der Waals surface area contributed by atoms with Gasteiger partial charge in [0.05, 0.1) is 5.10 Å².